The molecule has 0 amide bonds. The molecule has 0 unspecified atom stereocenters. The SMILES string of the molecule is CC(C)(C)c1nc(N)c2c(-c3ccccc3)csc2n1. The summed E-state index contributed by atoms with van der Waals surface area (Å²) in [6, 6.07) is 10.2. The highest BCUT2D eigenvalue weighted by atomic mass is 32.1. The molecule has 0 atom stereocenters. The zero-order valence-electron chi connectivity index (χ0n) is 11.8. The van der Waals surface area contributed by atoms with E-state index in [4.69, 9.17) is 5.73 Å². The van der Waals surface area contributed by atoms with Crippen molar-refractivity contribution in [3.8, 4) is 11.1 Å². The van der Waals surface area contributed by atoms with Crippen LogP contribution >= 0.6 is 11.3 Å². The molecular weight excluding hydrogens is 266 g/mol. The number of fused-ring (bicyclic) bond motifs is 1. The number of anilines is 1. The predicted molar refractivity (Wildman–Crippen MR) is 86.0 cm³/mol. The monoisotopic (exact) mass is 283 g/mol. The number of rotatable bonds is 1. The van der Waals surface area contributed by atoms with Crippen molar-refractivity contribution in [3.63, 3.8) is 0 Å². The number of hydrogen-bond donors (Lipinski definition) is 1. The Labute approximate surface area is 122 Å². The molecule has 0 spiro atoms. The number of hydrogen-bond acceptors (Lipinski definition) is 4. The Kier molecular flexibility index (Phi) is 2.98. The first-order valence-corrected chi connectivity index (χ1v) is 7.45. The number of aromatic nitrogens is 2. The van der Waals surface area contributed by atoms with Crippen LogP contribution in [0.1, 0.15) is 26.6 Å². The van der Waals surface area contributed by atoms with Crippen LogP contribution in [0.2, 0.25) is 0 Å². The lowest BCUT2D eigenvalue weighted by Gasteiger charge is -2.16. The molecule has 0 saturated carbocycles. The highest BCUT2D eigenvalue weighted by Crippen LogP contribution is 2.36. The number of nitrogen functional groups attached to an aromatic ring is 1. The van der Waals surface area contributed by atoms with Gasteiger partial charge in [0.1, 0.15) is 16.5 Å². The number of benzene rings is 1. The molecule has 0 radical (unpaired) electrons. The summed E-state index contributed by atoms with van der Waals surface area (Å²) in [6.45, 7) is 6.29. The van der Waals surface area contributed by atoms with E-state index in [0.29, 0.717) is 5.82 Å². The summed E-state index contributed by atoms with van der Waals surface area (Å²) >= 11 is 1.62. The molecule has 2 aromatic heterocycles. The Hall–Kier alpha value is -1.94. The molecule has 3 nitrogen and oxygen atoms in total. The summed E-state index contributed by atoms with van der Waals surface area (Å²) in [5.41, 5.74) is 8.36. The van der Waals surface area contributed by atoms with Crippen LogP contribution in [-0.2, 0) is 5.41 Å². The lowest BCUT2D eigenvalue weighted by Crippen LogP contribution is -2.16. The minimum Gasteiger partial charge on any atom is -0.383 e. The van der Waals surface area contributed by atoms with E-state index in [2.05, 4.69) is 48.3 Å². The van der Waals surface area contributed by atoms with Crippen LogP contribution in [0.15, 0.2) is 35.7 Å². The van der Waals surface area contributed by atoms with Gasteiger partial charge in [-0.2, -0.15) is 0 Å². The van der Waals surface area contributed by atoms with Crippen LogP contribution in [-0.4, -0.2) is 9.97 Å². The normalized spacial score (nSPS) is 11.9. The maximum atomic E-state index is 6.19. The smallest absolute Gasteiger partial charge is 0.137 e. The van der Waals surface area contributed by atoms with Crippen molar-refractivity contribution >= 4 is 27.4 Å². The molecule has 3 aromatic rings. The average Bonchev–Trinajstić information content (AvgIpc) is 2.83. The van der Waals surface area contributed by atoms with Crippen LogP contribution < -0.4 is 5.73 Å². The van der Waals surface area contributed by atoms with Gasteiger partial charge in [0.25, 0.3) is 0 Å². The molecule has 0 aliphatic rings. The quantitative estimate of drug-likeness (QED) is 0.726. The van der Waals surface area contributed by atoms with Gasteiger partial charge in [-0.3, -0.25) is 0 Å². The first kappa shape index (κ1) is 13.1. The summed E-state index contributed by atoms with van der Waals surface area (Å²) in [5.74, 6) is 1.36. The molecule has 4 heteroatoms. The van der Waals surface area contributed by atoms with Gasteiger partial charge < -0.3 is 5.73 Å². The lowest BCUT2D eigenvalue weighted by molar-refractivity contribution is 0.550. The van der Waals surface area contributed by atoms with Gasteiger partial charge >= 0.3 is 0 Å². The minimum atomic E-state index is -0.0980. The molecule has 0 bridgehead atoms. The molecule has 2 heterocycles. The van der Waals surface area contributed by atoms with E-state index in [0.717, 1.165) is 27.2 Å². The van der Waals surface area contributed by atoms with Gasteiger partial charge in [-0.05, 0) is 5.56 Å². The summed E-state index contributed by atoms with van der Waals surface area (Å²) in [7, 11) is 0. The van der Waals surface area contributed by atoms with Gasteiger partial charge in [0.15, 0.2) is 0 Å². The second-order valence-electron chi connectivity index (χ2n) is 5.88. The largest absolute Gasteiger partial charge is 0.383 e. The topological polar surface area (TPSA) is 51.8 Å². The Morgan fingerprint density at radius 1 is 1.05 bits per heavy atom. The van der Waals surface area contributed by atoms with Crippen molar-refractivity contribution in [1.29, 1.82) is 0 Å². The summed E-state index contributed by atoms with van der Waals surface area (Å²) in [5, 5.41) is 3.08. The van der Waals surface area contributed by atoms with E-state index >= 15 is 0 Å². The fraction of sp³-hybridized carbons (Fsp3) is 0.250. The second kappa shape index (κ2) is 4.56. The van der Waals surface area contributed by atoms with Crippen molar-refractivity contribution in [3.05, 3.63) is 41.5 Å². The predicted octanol–water partition coefficient (Wildman–Crippen LogP) is 4.24. The van der Waals surface area contributed by atoms with Gasteiger partial charge in [-0.25, -0.2) is 9.97 Å². The lowest BCUT2D eigenvalue weighted by atomic mass is 9.95. The molecule has 2 N–H and O–H groups in total. The first-order valence-electron chi connectivity index (χ1n) is 6.57. The fourth-order valence-corrected chi connectivity index (χ4v) is 3.09. The molecule has 102 valence electrons. The van der Waals surface area contributed by atoms with Gasteiger partial charge in [0.05, 0.1) is 5.39 Å². The Morgan fingerprint density at radius 3 is 2.40 bits per heavy atom. The fourth-order valence-electron chi connectivity index (χ4n) is 2.13. The third-order valence-electron chi connectivity index (χ3n) is 3.22. The van der Waals surface area contributed by atoms with Crippen molar-refractivity contribution in [1.82, 2.24) is 9.97 Å². The maximum absolute atomic E-state index is 6.19. The molecule has 0 fully saturated rings. The van der Waals surface area contributed by atoms with Gasteiger partial charge in [-0.15, -0.1) is 11.3 Å². The standard InChI is InChI=1S/C16H17N3S/c1-16(2,3)15-18-13(17)12-11(9-20-14(12)19-15)10-7-5-4-6-8-10/h4-9H,1-3H3,(H2,17,18,19). The third kappa shape index (κ3) is 2.16. The number of thiophene rings is 1. The Bertz CT molecular complexity index is 754. The summed E-state index contributed by atoms with van der Waals surface area (Å²) in [6.07, 6.45) is 0. The molecule has 1 aromatic carbocycles. The van der Waals surface area contributed by atoms with Crippen LogP contribution in [0.5, 0.6) is 0 Å². The Morgan fingerprint density at radius 2 is 1.75 bits per heavy atom. The van der Waals surface area contributed by atoms with E-state index < -0.39 is 0 Å². The highest BCUT2D eigenvalue weighted by Gasteiger charge is 2.21. The van der Waals surface area contributed by atoms with Crippen molar-refractivity contribution in [2.75, 3.05) is 5.73 Å². The highest BCUT2D eigenvalue weighted by molar-refractivity contribution is 7.17. The van der Waals surface area contributed by atoms with Gasteiger partial charge in [0, 0.05) is 16.4 Å². The molecule has 3 rings (SSSR count). The van der Waals surface area contributed by atoms with E-state index in [9.17, 15) is 0 Å². The van der Waals surface area contributed by atoms with E-state index in [1.807, 2.05) is 18.2 Å². The van der Waals surface area contributed by atoms with E-state index in [1.54, 1.807) is 11.3 Å². The van der Waals surface area contributed by atoms with Crippen LogP contribution in [0, 0.1) is 0 Å². The molecular formula is C16H17N3S. The number of nitrogens with two attached hydrogens (primary N) is 1. The van der Waals surface area contributed by atoms with Gasteiger partial charge in [-0.1, -0.05) is 51.1 Å². The zero-order valence-corrected chi connectivity index (χ0v) is 12.7. The molecule has 0 aliphatic heterocycles. The second-order valence-corrected chi connectivity index (χ2v) is 6.74. The zero-order chi connectivity index (χ0) is 14.3. The van der Waals surface area contributed by atoms with E-state index in [1.165, 1.54) is 0 Å². The molecule has 0 saturated heterocycles. The van der Waals surface area contributed by atoms with Crippen molar-refractivity contribution in [2.45, 2.75) is 26.2 Å². The van der Waals surface area contributed by atoms with Crippen LogP contribution in [0.3, 0.4) is 0 Å². The summed E-state index contributed by atoms with van der Waals surface area (Å²) < 4.78 is 0. The van der Waals surface area contributed by atoms with E-state index in [-0.39, 0.29) is 5.41 Å². The average molecular weight is 283 g/mol. The maximum Gasteiger partial charge on any atom is 0.137 e. The minimum absolute atomic E-state index is 0.0980. The van der Waals surface area contributed by atoms with Crippen molar-refractivity contribution < 1.29 is 0 Å². The van der Waals surface area contributed by atoms with Crippen LogP contribution in [0.25, 0.3) is 21.3 Å². The number of nitrogens with zero attached hydrogens (tertiary/aromatic N) is 2. The molecule has 20 heavy (non-hydrogen) atoms. The first-order chi connectivity index (χ1) is 9.47. The van der Waals surface area contributed by atoms with Crippen LogP contribution in [0.4, 0.5) is 5.82 Å². The van der Waals surface area contributed by atoms with Gasteiger partial charge in [0.2, 0.25) is 0 Å². The Balaban J connectivity index is 2.24. The van der Waals surface area contributed by atoms with Crippen molar-refractivity contribution in [2.24, 2.45) is 0 Å². The third-order valence-corrected chi connectivity index (χ3v) is 4.09. The molecule has 0 aliphatic carbocycles. The summed E-state index contributed by atoms with van der Waals surface area (Å²) in [4.78, 5) is 10.1.